The lowest BCUT2D eigenvalue weighted by Gasteiger charge is -2.22. The van der Waals surface area contributed by atoms with E-state index in [2.05, 4.69) is 54.5 Å². The average molecular weight is 385 g/mol. The molecule has 1 aliphatic carbocycles. The maximum absolute atomic E-state index is 12.2. The van der Waals surface area contributed by atoms with Crippen molar-refractivity contribution in [2.45, 2.75) is 56.7 Å². The van der Waals surface area contributed by atoms with E-state index < -0.39 is 5.54 Å². The van der Waals surface area contributed by atoms with Gasteiger partial charge in [0.1, 0.15) is 5.54 Å². The molecule has 1 aromatic carbocycles. The van der Waals surface area contributed by atoms with Crippen LogP contribution in [0.25, 0.3) is 11.5 Å². The van der Waals surface area contributed by atoms with Gasteiger partial charge in [-0.2, -0.15) is 5.26 Å². The van der Waals surface area contributed by atoms with Crippen LogP contribution in [0.15, 0.2) is 33.9 Å². The van der Waals surface area contributed by atoms with Crippen molar-refractivity contribution in [3.63, 3.8) is 0 Å². The molecule has 0 spiro atoms. The number of aromatic nitrogens is 2. The summed E-state index contributed by atoms with van der Waals surface area (Å²) >= 11 is 1.17. The predicted octanol–water partition coefficient (Wildman–Crippen LogP) is 3.93. The van der Waals surface area contributed by atoms with Gasteiger partial charge in [-0.25, -0.2) is 0 Å². The second-order valence-electron chi connectivity index (χ2n) is 8.13. The van der Waals surface area contributed by atoms with E-state index in [1.54, 1.807) is 6.92 Å². The van der Waals surface area contributed by atoms with Crippen LogP contribution in [0.3, 0.4) is 0 Å². The highest BCUT2D eigenvalue weighted by Crippen LogP contribution is 2.39. The van der Waals surface area contributed by atoms with Crippen LogP contribution in [0.1, 0.15) is 46.1 Å². The summed E-state index contributed by atoms with van der Waals surface area (Å²) in [6, 6.07) is 10.3. The lowest BCUT2D eigenvalue weighted by Crippen LogP contribution is -2.47. The van der Waals surface area contributed by atoms with E-state index in [0.717, 1.165) is 18.4 Å². The van der Waals surface area contributed by atoms with Crippen molar-refractivity contribution in [3.8, 4) is 17.5 Å². The first-order valence-electron chi connectivity index (χ1n) is 9.01. The van der Waals surface area contributed by atoms with Gasteiger partial charge in [-0.05, 0) is 48.8 Å². The molecule has 1 N–H and O–H groups in total. The van der Waals surface area contributed by atoms with Gasteiger partial charge in [0.2, 0.25) is 11.8 Å². The Balaban J connectivity index is 1.58. The molecule has 6 nitrogen and oxygen atoms in total. The van der Waals surface area contributed by atoms with Crippen LogP contribution < -0.4 is 5.32 Å². The normalized spacial score (nSPS) is 16.4. The summed E-state index contributed by atoms with van der Waals surface area (Å²) in [4.78, 5) is 12.2. The van der Waals surface area contributed by atoms with Crippen molar-refractivity contribution in [3.05, 3.63) is 29.8 Å². The highest BCUT2D eigenvalue weighted by Gasteiger charge is 2.42. The molecule has 1 heterocycles. The van der Waals surface area contributed by atoms with Gasteiger partial charge in [-0.3, -0.25) is 4.79 Å². The Hall–Kier alpha value is -2.33. The minimum atomic E-state index is -0.785. The molecule has 0 radical (unpaired) electrons. The average Bonchev–Trinajstić information content (AvgIpc) is 3.38. The van der Waals surface area contributed by atoms with E-state index in [1.807, 2.05) is 12.1 Å². The van der Waals surface area contributed by atoms with Crippen molar-refractivity contribution in [1.29, 1.82) is 5.26 Å². The molecule has 0 aliphatic heterocycles. The molecule has 0 bridgehead atoms. The van der Waals surface area contributed by atoms with Crippen LogP contribution >= 0.6 is 11.8 Å². The molecule has 1 aliphatic rings. The number of nitrogens with zero attached hydrogens (tertiary/aromatic N) is 3. The van der Waals surface area contributed by atoms with E-state index in [4.69, 9.17) is 4.42 Å². The molecule has 0 unspecified atom stereocenters. The minimum absolute atomic E-state index is 0.0835. The molecule has 1 aromatic heterocycles. The number of hydrogen-bond acceptors (Lipinski definition) is 6. The number of carbonyl (C=O) groups excluding carboxylic acids is 1. The predicted molar refractivity (Wildman–Crippen MR) is 104 cm³/mol. The first-order valence-corrected chi connectivity index (χ1v) is 9.99. The van der Waals surface area contributed by atoms with E-state index in [9.17, 15) is 10.1 Å². The Morgan fingerprint density at radius 1 is 1.26 bits per heavy atom. The number of carbonyl (C=O) groups is 1. The monoisotopic (exact) mass is 384 g/mol. The van der Waals surface area contributed by atoms with Crippen LogP contribution in [0, 0.1) is 17.2 Å². The number of thioether (sulfide) groups is 1. The molecular weight excluding hydrogens is 360 g/mol. The third-order valence-corrected chi connectivity index (χ3v) is 5.57. The van der Waals surface area contributed by atoms with Crippen LogP contribution in [0.2, 0.25) is 0 Å². The van der Waals surface area contributed by atoms with E-state index in [1.165, 1.54) is 17.3 Å². The van der Waals surface area contributed by atoms with Gasteiger partial charge < -0.3 is 9.73 Å². The summed E-state index contributed by atoms with van der Waals surface area (Å²) in [5.41, 5.74) is 1.37. The summed E-state index contributed by atoms with van der Waals surface area (Å²) in [5, 5.41) is 20.5. The molecule has 27 heavy (non-hydrogen) atoms. The number of amides is 1. The third kappa shape index (κ3) is 4.69. The Kier molecular flexibility index (Phi) is 5.29. The Morgan fingerprint density at radius 3 is 2.48 bits per heavy atom. The Labute approximate surface area is 163 Å². The smallest absolute Gasteiger partial charge is 0.277 e. The van der Waals surface area contributed by atoms with Crippen LogP contribution in [-0.2, 0) is 10.2 Å². The van der Waals surface area contributed by atoms with Crippen LogP contribution in [0.5, 0.6) is 0 Å². The van der Waals surface area contributed by atoms with Gasteiger partial charge in [0.25, 0.3) is 5.22 Å². The van der Waals surface area contributed by atoms with Crippen molar-refractivity contribution in [2.75, 3.05) is 5.75 Å². The van der Waals surface area contributed by atoms with Gasteiger partial charge in [0.15, 0.2) is 0 Å². The SMILES string of the molecule is CC(C)(C)c1ccc(-c2nnc(SCC(=O)N[C@](C)(C#N)C3CC3)o2)cc1. The maximum Gasteiger partial charge on any atom is 0.277 e. The largest absolute Gasteiger partial charge is 0.411 e. The zero-order valence-electron chi connectivity index (χ0n) is 16.1. The van der Waals surface area contributed by atoms with Gasteiger partial charge >= 0.3 is 0 Å². The molecule has 0 saturated heterocycles. The lowest BCUT2D eigenvalue weighted by molar-refractivity contribution is -0.119. The van der Waals surface area contributed by atoms with Gasteiger partial charge in [0, 0.05) is 5.56 Å². The topological polar surface area (TPSA) is 91.8 Å². The summed E-state index contributed by atoms with van der Waals surface area (Å²) in [5.74, 6) is 0.611. The molecule has 1 saturated carbocycles. The molecule has 1 atom stereocenters. The minimum Gasteiger partial charge on any atom is -0.411 e. The van der Waals surface area contributed by atoms with Crippen molar-refractivity contribution >= 4 is 17.7 Å². The maximum atomic E-state index is 12.2. The first-order chi connectivity index (χ1) is 12.7. The second kappa shape index (κ2) is 7.35. The molecule has 2 aromatic rings. The van der Waals surface area contributed by atoms with Gasteiger partial charge in [0.05, 0.1) is 11.8 Å². The van der Waals surface area contributed by atoms with E-state index in [0.29, 0.717) is 11.1 Å². The van der Waals surface area contributed by atoms with Crippen LogP contribution in [-0.4, -0.2) is 27.4 Å². The van der Waals surface area contributed by atoms with Gasteiger partial charge in [-0.15, -0.1) is 10.2 Å². The fourth-order valence-electron chi connectivity index (χ4n) is 2.83. The highest BCUT2D eigenvalue weighted by molar-refractivity contribution is 7.99. The van der Waals surface area contributed by atoms with E-state index >= 15 is 0 Å². The van der Waals surface area contributed by atoms with Crippen LogP contribution in [0.4, 0.5) is 0 Å². The molecule has 3 rings (SSSR count). The fourth-order valence-corrected chi connectivity index (χ4v) is 3.40. The summed E-state index contributed by atoms with van der Waals surface area (Å²) in [6.45, 7) is 8.26. The molecule has 1 fully saturated rings. The lowest BCUT2D eigenvalue weighted by atomic mass is 9.87. The highest BCUT2D eigenvalue weighted by atomic mass is 32.2. The standard InChI is InChI=1S/C20H24N4O2S/c1-19(2,3)14-7-5-13(6-8-14)17-23-24-18(26-17)27-11-16(25)22-20(4,12-21)15-9-10-15/h5-8,15H,9-11H2,1-4H3,(H,22,25)/t20-/m1/s1. The van der Waals surface area contributed by atoms with Gasteiger partial charge in [-0.1, -0.05) is 44.7 Å². The molecule has 142 valence electrons. The van der Waals surface area contributed by atoms with E-state index in [-0.39, 0.29) is 23.0 Å². The number of nitrogens with one attached hydrogen (secondary N) is 1. The number of rotatable bonds is 6. The summed E-state index contributed by atoms with van der Waals surface area (Å²) < 4.78 is 5.66. The quantitative estimate of drug-likeness (QED) is 0.759. The zero-order valence-corrected chi connectivity index (χ0v) is 16.9. The first kappa shape index (κ1) is 19.4. The Morgan fingerprint density at radius 2 is 1.93 bits per heavy atom. The Bertz CT molecular complexity index is 859. The summed E-state index contributed by atoms with van der Waals surface area (Å²) in [7, 11) is 0. The number of benzene rings is 1. The van der Waals surface area contributed by atoms with Crippen molar-refractivity contribution < 1.29 is 9.21 Å². The molecule has 7 heteroatoms. The molecule has 1 amide bonds. The van der Waals surface area contributed by atoms with Crippen molar-refractivity contribution in [1.82, 2.24) is 15.5 Å². The second-order valence-corrected chi connectivity index (χ2v) is 9.05. The number of hydrogen-bond donors (Lipinski definition) is 1. The summed E-state index contributed by atoms with van der Waals surface area (Å²) in [6.07, 6.45) is 1.97. The number of nitriles is 1. The molecular formula is C20H24N4O2S. The fraction of sp³-hybridized carbons (Fsp3) is 0.500. The zero-order chi connectivity index (χ0) is 19.7. The third-order valence-electron chi connectivity index (χ3n) is 4.76. The van der Waals surface area contributed by atoms with Crippen molar-refractivity contribution in [2.24, 2.45) is 5.92 Å².